The van der Waals surface area contributed by atoms with Crippen LogP contribution in [0.1, 0.15) is 23.7 Å². The largest absolute Gasteiger partial charge is 0.495 e. The number of piperazine rings is 1. The van der Waals surface area contributed by atoms with E-state index in [0.717, 1.165) is 66.9 Å². The lowest BCUT2D eigenvalue weighted by Crippen LogP contribution is -2.46. The molecular formula is C21H25N5O3. The maximum Gasteiger partial charge on any atom is 0.270 e. The van der Waals surface area contributed by atoms with Crippen molar-refractivity contribution in [2.24, 2.45) is 0 Å². The summed E-state index contributed by atoms with van der Waals surface area (Å²) >= 11 is 0. The smallest absolute Gasteiger partial charge is 0.270 e. The lowest BCUT2D eigenvalue weighted by Gasteiger charge is -2.36. The van der Waals surface area contributed by atoms with Crippen LogP contribution >= 0.6 is 0 Å². The third-order valence-electron chi connectivity index (χ3n) is 5.54. The summed E-state index contributed by atoms with van der Waals surface area (Å²) in [5.74, 6) is 0.815. The number of nitrogens with one attached hydrogen (secondary N) is 2. The zero-order valence-electron chi connectivity index (χ0n) is 16.4. The zero-order valence-corrected chi connectivity index (χ0v) is 16.4. The number of aromatic amines is 1. The molecule has 0 aliphatic carbocycles. The van der Waals surface area contributed by atoms with Gasteiger partial charge < -0.3 is 15.0 Å². The second kappa shape index (κ2) is 8.59. The molecule has 2 N–H and O–H groups in total. The molecule has 4 rings (SSSR count). The number of nitro groups is 1. The summed E-state index contributed by atoms with van der Waals surface area (Å²) in [5.41, 5.74) is 3.14. The number of aryl methyl sites for hydroxylation is 1. The highest BCUT2D eigenvalue weighted by atomic mass is 16.6. The van der Waals surface area contributed by atoms with Crippen LogP contribution < -0.4 is 10.1 Å². The third kappa shape index (κ3) is 4.08. The Balaban J connectivity index is 1.46. The summed E-state index contributed by atoms with van der Waals surface area (Å²) in [7, 11) is 1.68. The minimum atomic E-state index is -0.345. The minimum Gasteiger partial charge on any atom is -0.495 e. The second-order valence-corrected chi connectivity index (χ2v) is 7.25. The Morgan fingerprint density at radius 3 is 3.10 bits per heavy atom. The standard InChI is InChI=1S/C21H25N5O3/c1-29-20-5-2-8-23-21(20)19-14-22-9-11-25(19)10-3-4-15-13-24-18-7-6-16(26(27)28)12-17(15)18/h2,5-8,12-13,19,22,24H,3-4,9-11,14H2,1H3. The van der Waals surface area contributed by atoms with Crippen LogP contribution in [0.15, 0.2) is 42.7 Å². The second-order valence-electron chi connectivity index (χ2n) is 7.25. The number of benzene rings is 1. The molecule has 0 bridgehead atoms. The Bertz CT molecular complexity index is 1000. The number of hydrogen-bond donors (Lipinski definition) is 2. The monoisotopic (exact) mass is 395 g/mol. The van der Waals surface area contributed by atoms with Crippen LogP contribution in [0.25, 0.3) is 10.9 Å². The van der Waals surface area contributed by atoms with Crippen molar-refractivity contribution in [2.45, 2.75) is 18.9 Å². The fourth-order valence-electron chi connectivity index (χ4n) is 4.07. The van der Waals surface area contributed by atoms with Crippen molar-refractivity contribution in [3.8, 4) is 5.75 Å². The molecule has 3 heterocycles. The maximum atomic E-state index is 11.1. The summed E-state index contributed by atoms with van der Waals surface area (Å²) in [4.78, 5) is 21.0. The van der Waals surface area contributed by atoms with E-state index in [0.29, 0.717) is 0 Å². The molecule has 1 atom stereocenters. The van der Waals surface area contributed by atoms with E-state index in [2.05, 4.69) is 20.2 Å². The first-order valence-corrected chi connectivity index (χ1v) is 9.85. The van der Waals surface area contributed by atoms with Gasteiger partial charge in [-0.2, -0.15) is 0 Å². The molecule has 2 aromatic heterocycles. The van der Waals surface area contributed by atoms with Gasteiger partial charge in [0.2, 0.25) is 0 Å². The van der Waals surface area contributed by atoms with Gasteiger partial charge in [0.25, 0.3) is 5.69 Å². The normalized spacial score (nSPS) is 17.5. The molecule has 1 aromatic carbocycles. The van der Waals surface area contributed by atoms with E-state index in [1.165, 1.54) is 6.07 Å². The number of rotatable bonds is 7. The molecule has 152 valence electrons. The van der Waals surface area contributed by atoms with Gasteiger partial charge in [-0.05, 0) is 43.1 Å². The quantitative estimate of drug-likeness (QED) is 0.471. The molecule has 3 aromatic rings. The number of non-ortho nitro benzene ring substituents is 1. The fourth-order valence-corrected chi connectivity index (χ4v) is 4.07. The van der Waals surface area contributed by atoms with Gasteiger partial charge in [0.1, 0.15) is 11.4 Å². The van der Waals surface area contributed by atoms with E-state index in [4.69, 9.17) is 4.74 Å². The molecule has 29 heavy (non-hydrogen) atoms. The first-order chi connectivity index (χ1) is 14.2. The van der Waals surface area contributed by atoms with Gasteiger partial charge in [0.05, 0.1) is 18.1 Å². The molecule has 0 saturated carbocycles. The maximum absolute atomic E-state index is 11.1. The number of methoxy groups -OCH3 is 1. The van der Waals surface area contributed by atoms with Crippen LogP contribution in [-0.2, 0) is 6.42 Å². The summed E-state index contributed by atoms with van der Waals surface area (Å²) < 4.78 is 5.51. The van der Waals surface area contributed by atoms with Gasteiger partial charge >= 0.3 is 0 Å². The molecule has 0 spiro atoms. The highest BCUT2D eigenvalue weighted by molar-refractivity contribution is 5.85. The summed E-state index contributed by atoms with van der Waals surface area (Å²) in [5, 5.41) is 15.5. The fraction of sp³-hybridized carbons (Fsp3) is 0.381. The highest BCUT2D eigenvalue weighted by Gasteiger charge is 2.27. The molecule has 8 heteroatoms. The van der Waals surface area contributed by atoms with Crippen LogP contribution in [0.5, 0.6) is 5.75 Å². The molecule has 1 fully saturated rings. The Morgan fingerprint density at radius 1 is 1.38 bits per heavy atom. The van der Waals surface area contributed by atoms with Crippen LogP contribution in [-0.4, -0.2) is 53.1 Å². The number of H-pyrrole nitrogens is 1. The topological polar surface area (TPSA) is 96.3 Å². The van der Waals surface area contributed by atoms with Gasteiger partial charge in [-0.25, -0.2) is 0 Å². The van der Waals surface area contributed by atoms with Gasteiger partial charge in [0.15, 0.2) is 0 Å². The number of pyridine rings is 1. The Morgan fingerprint density at radius 2 is 2.28 bits per heavy atom. The third-order valence-corrected chi connectivity index (χ3v) is 5.54. The molecule has 1 unspecified atom stereocenters. The lowest BCUT2D eigenvalue weighted by atomic mass is 10.0. The van der Waals surface area contributed by atoms with Crippen LogP contribution in [0.4, 0.5) is 5.69 Å². The number of nitro benzene ring substituents is 1. The van der Waals surface area contributed by atoms with E-state index < -0.39 is 0 Å². The molecular weight excluding hydrogens is 370 g/mol. The molecule has 1 aliphatic rings. The summed E-state index contributed by atoms with van der Waals surface area (Å²) in [6.45, 7) is 3.66. The first-order valence-electron chi connectivity index (χ1n) is 9.85. The van der Waals surface area contributed by atoms with Gasteiger partial charge in [-0.3, -0.25) is 20.0 Å². The van der Waals surface area contributed by atoms with Gasteiger partial charge in [-0.15, -0.1) is 0 Å². The predicted octanol–water partition coefficient (Wildman–Crippen LogP) is 3.06. The average Bonchev–Trinajstić information content (AvgIpc) is 3.16. The predicted molar refractivity (Wildman–Crippen MR) is 111 cm³/mol. The van der Waals surface area contributed by atoms with Crippen molar-refractivity contribution in [1.29, 1.82) is 0 Å². The minimum absolute atomic E-state index is 0.128. The van der Waals surface area contributed by atoms with E-state index in [9.17, 15) is 10.1 Å². The van der Waals surface area contributed by atoms with Gasteiger partial charge in [-0.1, -0.05) is 0 Å². The number of aromatic nitrogens is 2. The van der Waals surface area contributed by atoms with Crippen molar-refractivity contribution in [1.82, 2.24) is 20.2 Å². The van der Waals surface area contributed by atoms with Crippen LogP contribution in [0.3, 0.4) is 0 Å². The number of hydrogen-bond acceptors (Lipinski definition) is 6. The summed E-state index contributed by atoms with van der Waals surface area (Å²) in [6.07, 6.45) is 5.59. The zero-order chi connectivity index (χ0) is 20.2. The van der Waals surface area contributed by atoms with Crippen LogP contribution in [0, 0.1) is 10.1 Å². The van der Waals surface area contributed by atoms with Crippen molar-refractivity contribution >= 4 is 16.6 Å². The Labute approximate surface area is 169 Å². The van der Waals surface area contributed by atoms with Crippen LogP contribution in [0.2, 0.25) is 0 Å². The van der Waals surface area contributed by atoms with Crippen molar-refractivity contribution in [2.75, 3.05) is 33.3 Å². The Kier molecular flexibility index (Phi) is 5.73. The number of ether oxygens (including phenoxy) is 1. The van der Waals surface area contributed by atoms with E-state index in [-0.39, 0.29) is 16.7 Å². The SMILES string of the molecule is COc1cccnc1C1CNCCN1CCCc1c[nH]c2ccc([N+](=O)[O-])cc12. The lowest BCUT2D eigenvalue weighted by molar-refractivity contribution is -0.384. The van der Waals surface area contributed by atoms with E-state index in [1.807, 2.05) is 24.5 Å². The van der Waals surface area contributed by atoms with Gasteiger partial charge in [0, 0.05) is 55.1 Å². The molecule has 1 aliphatic heterocycles. The van der Waals surface area contributed by atoms with E-state index >= 15 is 0 Å². The number of nitrogens with zero attached hydrogens (tertiary/aromatic N) is 3. The van der Waals surface area contributed by atoms with Crippen molar-refractivity contribution < 1.29 is 9.66 Å². The first kappa shape index (κ1) is 19.4. The highest BCUT2D eigenvalue weighted by Crippen LogP contribution is 2.29. The van der Waals surface area contributed by atoms with Crippen molar-refractivity contribution in [3.05, 3.63) is 64.1 Å². The molecule has 0 amide bonds. The Hall–Kier alpha value is -2.97. The molecule has 1 saturated heterocycles. The summed E-state index contributed by atoms with van der Waals surface area (Å²) in [6, 6.07) is 8.98. The average molecular weight is 395 g/mol. The molecule has 8 nitrogen and oxygen atoms in total. The molecule has 0 radical (unpaired) electrons. The van der Waals surface area contributed by atoms with E-state index in [1.54, 1.807) is 19.2 Å². The number of fused-ring (bicyclic) bond motifs is 1. The van der Waals surface area contributed by atoms with Crippen molar-refractivity contribution in [3.63, 3.8) is 0 Å².